The van der Waals surface area contributed by atoms with Crippen molar-refractivity contribution in [3.8, 4) is 28.6 Å². The van der Waals surface area contributed by atoms with Gasteiger partial charge < -0.3 is 44.9 Å². The van der Waals surface area contributed by atoms with Crippen LogP contribution in [0.15, 0.2) is 45.6 Å². The SMILES string of the molecule is O=c1c([C@@H]2O[C@H](CO)[C@@H](O)[C@H](O)[C@H]2O)c(-c2ccc(O)c(O)c2)oc2cccc(O)c12. The molecule has 0 spiro atoms. The number of hydrogen-bond donors (Lipinski definition) is 7. The number of hydrogen-bond acceptors (Lipinski definition) is 10. The van der Waals surface area contributed by atoms with Gasteiger partial charge in [0.2, 0.25) is 5.43 Å². The van der Waals surface area contributed by atoms with E-state index in [9.17, 15) is 40.5 Å². The summed E-state index contributed by atoms with van der Waals surface area (Å²) in [5.74, 6) is -1.48. The molecule has 0 saturated carbocycles. The maximum atomic E-state index is 13.4. The molecule has 164 valence electrons. The molecule has 31 heavy (non-hydrogen) atoms. The fraction of sp³-hybridized carbons (Fsp3) is 0.286. The fourth-order valence-corrected chi connectivity index (χ4v) is 3.71. The number of aromatic hydroxyl groups is 3. The molecular formula is C21H20O10. The molecule has 10 heteroatoms. The zero-order chi connectivity index (χ0) is 22.4. The second-order valence-corrected chi connectivity index (χ2v) is 7.28. The van der Waals surface area contributed by atoms with Gasteiger partial charge in [0.15, 0.2) is 11.5 Å². The average Bonchev–Trinajstić information content (AvgIpc) is 2.75. The van der Waals surface area contributed by atoms with Crippen LogP contribution in [0.25, 0.3) is 22.3 Å². The summed E-state index contributed by atoms with van der Waals surface area (Å²) in [6.45, 7) is -0.707. The van der Waals surface area contributed by atoms with Crippen LogP contribution in [0.3, 0.4) is 0 Å². The van der Waals surface area contributed by atoms with Crippen molar-refractivity contribution in [1.29, 1.82) is 0 Å². The van der Waals surface area contributed by atoms with Crippen molar-refractivity contribution in [2.45, 2.75) is 30.5 Å². The smallest absolute Gasteiger partial charge is 0.203 e. The monoisotopic (exact) mass is 432 g/mol. The number of aliphatic hydroxyl groups is 4. The quantitative estimate of drug-likeness (QED) is 0.280. The van der Waals surface area contributed by atoms with E-state index in [2.05, 4.69) is 0 Å². The first-order chi connectivity index (χ1) is 14.7. The molecule has 4 rings (SSSR count). The van der Waals surface area contributed by atoms with Gasteiger partial charge >= 0.3 is 0 Å². The topological polar surface area (TPSA) is 181 Å². The molecule has 1 aliphatic rings. The lowest BCUT2D eigenvalue weighted by Gasteiger charge is -2.40. The van der Waals surface area contributed by atoms with E-state index in [4.69, 9.17) is 9.15 Å². The summed E-state index contributed by atoms with van der Waals surface area (Å²) in [6, 6.07) is 7.77. The van der Waals surface area contributed by atoms with E-state index >= 15 is 0 Å². The Kier molecular flexibility index (Phi) is 5.33. The van der Waals surface area contributed by atoms with Crippen molar-refractivity contribution in [2.24, 2.45) is 0 Å². The highest BCUT2D eigenvalue weighted by Crippen LogP contribution is 2.40. The van der Waals surface area contributed by atoms with Gasteiger partial charge in [-0.2, -0.15) is 0 Å². The number of benzene rings is 2. The van der Waals surface area contributed by atoms with Crippen molar-refractivity contribution in [1.82, 2.24) is 0 Å². The third-order valence-corrected chi connectivity index (χ3v) is 5.35. The summed E-state index contributed by atoms with van der Waals surface area (Å²) in [5.41, 5.74) is -0.965. The second-order valence-electron chi connectivity index (χ2n) is 7.28. The molecule has 1 saturated heterocycles. The largest absolute Gasteiger partial charge is 0.507 e. The van der Waals surface area contributed by atoms with Crippen LogP contribution in [-0.4, -0.2) is 66.8 Å². The average molecular weight is 432 g/mol. The van der Waals surface area contributed by atoms with E-state index in [1.165, 1.54) is 24.3 Å². The minimum absolute atomic E-state index is 0.000838. The number of fused-ring (bicyclic) bond motifs is 1. The predicted molar refractivity (Wildman–Crippen MR) is 106 cm³/mol. The molecule has 7 N–H and O–H groups in total. The third kappa shape index (κ3) is 3.40. The second kappa shape index (κ2) is 7.84. The van der Waals surface area contributed by atoms with E-state index in [1.54, 1.807) is 0 Å². The van der Waals surface area contributed by atoms with Crippen molar-refractivity contribution in [2.75, 3.05) is 6.61 Å². The maximum absolute atomic E-state index is 13.4. The number of aliphatic hydroxyl groups excluding tert-OH is 4. The van der Waals surface area contributed by atoms with Crippen LogP contribution >= 0.6 is 0 Å². The first-order valence-electron chi connectivity index (χ1n) is 9.36. The van der Waals surface area contributed by atoms with Crippen LogP contribution in [0.5, 0.6) is 17.2 Å². The minimum Gasteiger partial charge on any atom is -0.507 e. The first kappa shape index (κ1) is 21.1. The van der Waals surface area contributed by atoms with Gasteiger partial charge in [0.05, 0.1) is 12.2 Å². The van der Waals surface area contributed by atoms with Gasteiger partial charge in [-0.3, -0.25) is 4.79 Å². The Hall–Kier alpha value is -3.15. The molecule has 0 aliphatic carbocycles. The molecular weight excluding hydrogens is 412 g/mol. The van der Waals surface area contributed by atoms with Gasteiger partial charge in [-0.25, -0.2) is 0 Å². The van der Waals surface area contributed by atoms with Crippen LogP contribution in [0.2, 0.25) is 0 Å². The highest BCUT2D eigenvalue weighted by Gasteiger charge is 2.46. The molecule has 1 aromatic heterocycles. The summed E-state index contributed by atoms with van der Waals surface area (Å²) in [4.78, 5) is 13.4. The summed E-state index contributed by atoms with van der Waals surface area (Å²) >= 11 is 0. The molecule has 0 unspecified atom stereocenters. The van der Waals surface area contributed by atoms with Gasteiger partial charge in [-0.1, -0.05) is 6.07 Å². The molecule has 0 radical (unpaired) electrons. The van der Waals surface area contributed by atoms with Crippen LogP contribution in [-0.2, 0) is 4.74 Å². The summed E-state index contributed by atoms with van der Waals surface area (Å²) in [5, 5.41) is 69.8. The number of rotatable bonds is 3. The molecule has 2 aromatic carbocycles. The fourth-order valence-electron chi connectivity index (χ4n) is 3.71. The first-order valence-corrected chi connectivity index (χ1v) is 9.36. The minimum atomic E-state index is -1.78. The van der Waals surface area contributed by atoms with E-state index < -0.39 is 59.8 Å². The Morgan fingerprint density at radius 3 is 2.29 bits per heavy atom. The lowest BCUT2D eigenvalue weighted by Crippen LogP contribution is -2.55. The number of ether oxygens (including phenoxy) is 1. The molecule has 5 atom stereocenters. The Balaban J connectivity index is 2.02. The molecule has 10 nitrogen and oxygen atoms in total. The van der Waals surface area contributed by atoms with Crippen molar-refractivity contribution in [3.05, 3.63) is 52.2 Å². The van der Waals surface area contributed by atoms with E-state index in [0.29, 0.717) is 0 Å². The zero-order valence-electron chi connectivity index (χ0n) is 15.9. The molecule has 1 aliphatic heterocycles. The van der Waals surface area contributed by atoms with Gasteiger partial charge in [-0.15, -0.1) is 0 Å². The van der Waals surface area contributed by atoms with Crippen LogP contribution in [0.4, 0.5) is 0 Å². The lowest BCUT2D eigenvalue weighted by molar-refractivity contribution is -0.232. The summed E-state index contributed by atoms with van der Waals surface area (Å²) in [7, 11) is 0. The van der Waals surface area contributed by atoms with Gasteiger partial charge in [-0.05, 0) is 30.3 Å². The highest BCUT2D eigenvalue weighted by atomic mass is 16.5. The maximum Gasteiger partial charge on any atom is 0.203 e. The van der Waals surface area contributed by atoms with Gasteiger partial charge in [0, 0.05) is 5.56 Å². The van der Waals surface area contributed by atoms with Crippen LogP contribution < -0.4 is 5.43 Å². The Labute approximate surface area is 174 Å². The Morgan fingerprint density at radius 1 is 0.871 bits per heavy atom. The number of phenols is 3. The Bertz CT molecular complexity index is 1180. The van der Waals surface area contributed by atoms with Crippen LogP contribution in [0, 0.1) is 0 Å². The predicted octanol–water partition coefficient (Wildman–Crippen LogP) is 0.0917. The van der Waals surface area contributed by atoms with Crippen LogP contribution in [0.1, 0.15) is 11.7 Å². The van der Waals surface area contributed by atoms with Crippen molar-refractivity contribution < 1.29 is 44.9 Å². The molecule has 3 aromatic rings. The van der Waals surface area contributed by atoms with Gasteiger partial charge in [0.1, 0.15) is 53.0 Å². The zero-order valence-corrected chi connectivity index (χ0v) is 15.9. The Morgan fingerprint density at radius 2 is 1.61 bits per heavy atom. The van der Waals surface area contributed by atoms with Gasteiger partial charge in [0.25, 0.3) is 0 Å². The molecule has 1 fully saturated rings. The van der Waals surface area contributed by atoms with Crippen molar-refractivity contribution >= 4 is 11.0 Å². The van der Waals surface area contributed by atoms with E-state index in [-0.39, 0.29) is 27.9 Å². The molecule has 2 heterocycles. The third-order valence-electron chi connectivity index (χ3n) is 5.35. The number of phenolic OH excluding ortho intramolecular Hbond substituents is 3. The van der Waals surface area contributed by atoms with E-state index in [0.717, 1.165) is 12.1 Å². The summed E-state index contributed by atoms with van der Waals surface area (Å²) < 4.78 is 11.4. The normalized spacial score (nSPS) is 26.3. The molecule has 0 bridgehead atoms. The molecule has 0 amide bonds. The lowest BCUT2D eigenvalue weighted by atomic mass is 9.89. The standard InChI is InChI=1S/C21H20O10/c22-7-13-16(26)18(28)19(29)21(31-13)15-17(27)14-10(24)2-1-3-12(14)30-20(15)8-4-5-9(23)11(25)6-8/h1-6,13,16,18-19,21-26,28-29H,7H2/t13-,16-,18+,19-,21+/m1/s1. The van der Waals surface area contributed by atoms with Crippen molar-refractivity contribution in [3.63, 3.8) is 0 Å². The van der Waals surface area contributed by atoms with E-state index in [1.807, 2.05) is 0 Å². The summed E-state index contributed by atoms with van der Waals surface area (Å²) in [6.07, 6.45) is -8.02. The highest BCUT2D eigenvalue weighted by molar-refractivity contribution is 5.86.